The van der Waals surface area contributed by atoms with E-state index in [2.05, 4.69) is 34.6 Å². The van der Waals surface area contributed by atoms with E-state index in [0.717, 1.165) is 17.7 Å². The van der Waals surface area contributed by atoms with Gasteiger partial charge in [0.25, 0.3) is 0 Å². The Morgan fingerprint density at radius 3 is 2.34 bits per heavy atom. The van der Waals surface area contributed by atoms with Gasteiger partial charge in [-0.1, -0.05) is 0 Å². The van der Waals surface area contributed by atoms with Crippen molar-refractivity contribution in [3.05, 3.63) is 34.6 Å². The van der Waals surface area contributed by atoms with Gasteiger partial charge in [-0.3, -0.25) is 9.67 Å². The van der Waals surface area contributed by atoms with Crippen LogP contribution in [0.3, 0.4) is 0 Å². The van der Waals surface area contributed by atoms with Crippen LogP contribution >= 0.6 is 0 Å². The second-order valence-electron chi connectivity index (χ2n) is 6.94. The van der Waals surface area contributed by atoms with Gasteiger partial charge in [-0.05, 0) is 44.9 Å². The molecule has 1 aromatic carbocycles. The lowest BCUT2D eigenvalue weighted by Crippen LogP contribution is -2.42. The van der Waals surface area contributed by atoms with Crippen molar-refractivity contribution in [1.29, 1.82) is 0 Å². The van der Waals surface area contributed by atoms with E-state index < -0.39 is 0 Å². The lowest BCUT2D eigenvalue weighted by atomic mass is 10.1. The molecule has 1 heterocycles. The maximum atomic E-state index is 5.55. The highest BCUT2D eigenvalue weighted by atomic mass is 16.5. The summed E-state index contributed by atoms with van der Waals surface area (Å²) < 4.78 is 18.3. The van der Waals surface area contributed by atoms with Crippen LogP contribution in [0, 0.1) is 13.8 Å². The van der Waals surface area contributed by atoms with Gasteiger partial charge in [0, 0.05) is 37.9 Å². The standard InChI is InChI=1S/C21H33N5O3/c1-13(11-17-14(2)25-26(5)15(17)3)24-21(22-4)23-12-16-9-10-18(27-6)20(29-8)19(16)28-7/h9-10,13H,11-12H2,1-8H3,(H2,22,23,24). The summed E-state index contributed by atoms with van der Waals surface area (Å²) in [5, 5.41) is 11.3. The van der Waals surface area contributed by atoms with Crippen LogP contribution in [0.4, 0.5) is 0 Å². The van der Waals surface area contributed by atoms with Crippen LogP contribution in [-0.2, 0) is 20.0 Å². The maximum absolute atomic E-state index is 5.55. The average molecular weight is 404 g/mol. The molecule has 0 amide bonds. The Morgan fingerprint density at radius 2 is 1.83 bits per heavy atom. The van der Waals surface area contributed by atoms with Gasteiger partial charge >= 0.3 is 0 Å². The van der Waals surface area contributed by atoms with Crippen LogP contribution in [0.25, 0.3) is 0 Å². The lowest BCUT2D eigenvalue weighted by Gasteiger charge is -2.20. The first-order valence-corrected chi connectivity index (χ1v) is 9.60. The summed E-state index contributed by atoms with van der Waals surface area (Å²) >= 11 is 0. The molecule has 29 heavy (non-hydrogen) atoms. The second-order valence-corrected chi connectivity index (χ2v) is 6.94. The number of guanidine groups is 1. The Balaban J connectivity index is 2.06. The molecule has 0 fully saturated rings. The van der Waals surface area contributed by atoms with E-state index >= 15 is 0 Å². The van der Waals surface area contributed by atoms with Crippen LogP contribution in [0.15, 0.2) is 17.1 Å². The largest absolute Gasteiger partial charge is 0.493 e. The minimum Gasteiger partial charge on any atom is -0.493 e. The zero-order chi connectivity index (χ0) is 21.6. The number of aromatic nitrogens is 2. The second kappa shape index (κ2) is 10.0. The fourth-order valence-corrected chi connectivity index (χ4v) is 3.38. The Hall–Kier alpha value is -2.90. The van der Waals surface area contributed by atoms with Crippen molar-refractivity contribution < 1.29 is 14.2 Å². The van der Waals surface area contributed by atoms with Crippen molar-refractivity contribution >= 4 is 5.96 Å². The number of methoxy groups -OCH3 is 3. The van der Waals surface area contributed by atoms with Crippen LogP contribution in [0.1, 0.15) is 29.4 Å². The van der Waals surface area contributed by atoms with Crippen molar-refractivity contribution in [2.45, 2.75) is 39.8 Å². The third-order valence-electron chi connectivity index (χ3n) is 5.01. The number of rotatable bonds is 8. The van der Waals surface area contributed by atoms with Crippen LogP contribution < -0.4 is 24.8 Å². The first kappa shape index (κ1) is 22.4. The van der Waals surface area contributed by atoms with Crippen LogP contribution in [0.5, 0.6) is 17.2 Å². The normalized spacial score (nSPS) is 12.5. The molecule has 0 bridgehead atoms. The molecule has 160 valence electrons. The molecule has 0 radical (unpaired) electrons. The predicted octanol–water partition coefficient (Wildman–Crippen LogP) is 2.36. The molecule has 0 aliphatic carbocycles. The molecule has 8 heteroatoms. The van der Waals surface area contributed by atoms with E-state index in [1.165, 1.54) is 11.3 Å². The minimum atomic E-state index is 0.190. The summed E-state index contributed by atoms with van der Waals surface area (Å²) in [5.41, 5.74) is 4.47. The topological polar surface area (TPSA) is 81.9 Å². The van der Waals surface area contributed by atoms with Crippen molar-refractivity contribution in [2.24, 2.45) is 12.0 Å². The first-order valence-electron chi connectivity index (χ1n) is 9.60. The molecule has 2 aromatic rings. The molecule has 0 aliphatic heterocycles. The molecule has 1 atom stereocenters. The zero-order valence-electron chi connectivity index (χ0n) is 18.7. The van der Waals surface area contributed by atoms with Gasteiger partial charge in [0.2, 0.25) is 5.75 Å². The number of ether oxygens (including phenoxy) is 3. The van der Waals surface area contributed by atoms with Gasteiger partial charge in [0.15, 0.2) is 17.5 Å². The quantitative estimate of drug-likeness (QED) is 0.520. The van der Waals surface area contributed by atoms with Crippen LogP contribution in [-0.4, -0.2) is 50.2 Å². The summed E-state index contributed by atoms with van der Waals surface area (Å²) in [5.74, 6) is 2.57. The zero-order valence-corrected chi connectivity index (χ0v) is 18.7. The molecule has 8 nitrogen and oxygen atoms in total. The Kier molecular flexibility index (Phi) is 7.75. The molecule has 2 rings (SSSR count). The predicted molar refractivity (Wildman–Crippen MR) is 115 cm³/mol. The molecular weight excluding hydrogens is 370 g/mol. The summed E-state index contributed by atoms with van der Waals surface area (Å²) in [7, 11) is 8.56. The van der Waals surface area contributed by atoms with Gasteiger partial charge in [-0.2, -0.15) is 5.10 Å². The van der Waals surface area contributed by atoms with Gasteiger partial charge in [-0.25, -0.2) is 0 Å². The van der Waals surface area contributed by atoms with Gasteiger partial charge in [0.05, 0.1) is 27.0 Å². The fraction of sp³-hybridized carbons (Fsp3) is 0.524. The molecule has 0 saturated heterocycles. The number of nitrogens with one attached hydrogen (secondary N) is 2. The SMILES string of the molecule is CN=C(NCc1ccc(OC)c(OC)c1OC)NC(C)Cc1c(C)nn(C)c1C. The Labute approximate surface area is 173 Å². The van der Waals surface area contributed by atoms with Crippen LogP contribution in [0.2, 0.25) is 0 Å². The third kappa shape index (κ3) is 5.13. The average Bonchev–Trinajstić information content (AvgIpc) is 2.95. The molecule has 0 aliphatic rings. The molecule has 0 saturated carbocycles. The molecule has 1 unspecified atom stereocenters. The molecule has 0 spiro atoms. The highest BCUT2D eigenvalue weighted by Crippen LogP contribution is 2.39. The monoisotopic (exact) mass is 403 g/mol. The van der Waals surface area contributed by atoms with E-state index in [1.807, 2.05) is 30.8 Å². The van der Waals surface area contributed by atoms with E-state index in [9.17, 15) is 0 Å². The van der Waals surface area contributed by atoms with E-state index in [1.54, 1.807) is 28.4 Å². The van der Waals surface area contributed by atoms with Gasteiger partial charge in [-0.15, -0.1) is 0 Å². The van der Waals surface area contributed by atoms with Crippen molar-refractivity contribution in [1.82, 2.24) is 20.4 Å². The molecule has 2 N–H and O–H groups in total. The maximum Gasteiger partial charge on any atom is 0.203 e. The van der Waals surface area contributed by atoms with Gasteiger partial charge < -0.3 is 24.8 Å². The summed E-state index contributed by atoms with van der Waals surface area (Å²) in [4.78, 5) is 4.34. The number of nitrogens with zero attached hydrogens (tertiary/aromatic N) is 3. The van der Waals surface area contributed by atoms with Crippen molar-refractivity contribution in [3.63, 3.8) is 0 Å². The van der Waals surface area contributed by atoms with E-state index in [0.29, 0.717) is 29.8 Å². The number of hydrogen-bond donors (Lipinski definition) is 2. The Morgan fingerprint density at radius 1 is 1.14 bits per heavy atom. The van der Waals surface area contributed by atoms with Gasteiger partial charge in [0.1, 0.15) is 0 Å². The third-order valence-corrected chi connectivity index (χ3v) is 5.01. The van der Waals surface area contributed by atoms with E-state index in [-0.39, 0.29) is 6.04 Å². The minimum absolute atomic E-state index is 0.190. The number of benzene rings is 1. The van der Waals surface area contributed by atoms with Crippen molar-refractivity contribution in [2.75, 3.05) is 28.4 Å². The highest BCUT2D eigenvalue weighted by Gasteiger charge is 2.17. The lowest BCUT2D eigenvalue weighted by molar-refractivity contribution is 0.322. The summed E-state index contributed by atoms with van der Waals surface area (Å²) in [6.45, 7) is 6.81. The van der Waals surface area contributed by atoms with Crippen molar-refractivity contribution in [3.8, 4) is 17.2 Å². The number of aliphatic imine (C=N–C) groups is 1. The number of hydrogen-bond acceptors (Lipinski definition) is 5. The molecular formula is C21H33N5O3. The fourth-order valence-electron chi connectivity index (χ4n) is 3.38. The highest BCUT2D eigenvalue weighted by molar-refractivity contribution is 5.80. The van der Waals surface area contributed by atoms with E-state index in [4.69, 9.17) is 14.2 Å². The Bertz CT molecular complexity index is 860. The first-order chi connectivity index (χ1) is 13.9. The smallest absolute Gasteiger partial charge is 0.203 e. The summed E-state index contributed by atoms with van der Waals surface area (Å²) in [6, 6.07) is 4.01. The number of aryl methyl sites for hydroxylation is 2. The molecule has 1 aromatic heterocycles. The summed E-state index contributed by atoms with van der Waals surface area (Å²) in [6.07, 6.45) is 0.867.